The number of benzene rings is 2. The number of carbonyl (C=O) groups excluding carboxylic acids is 1. The molecule has 3 atom stereocenters. The SMILES string of the molecule is O=C1CC[C@@]2([S+]([O-])c3ccc(C(F)(F)F)cc3)c3c(F)ccc(F)c3OC[C@@]2(O)C1. The fourth-order valence-corrected chi connectivity index (χ4v) is 6.12. The monoisotopic (exact) mass is 446 g/mol. The Morgan fingerprint density at radius 2 is 1.70 bits per heavy atom. The summed E-state index contributed by atoms with van der Waals surface area (Å²) in [5.74, 6) is -2.82. The van der Waals surface area contributed by atoms with Crippen LogP contribution in [0.1, 0.15) is 30.4 Å². The number of alkyl halides is 3. The van der Waals surface area contributed by atoms with Gasteiger partial charge >= 0.3 is 6.18 Å². The van der Waals surface area contributed by atoms with E-state index in [-0.39, 0.29) is 23.5 Å². The molecule has 1 unspecified atom stereocenters. The van der Waals surface area contributed by atoms with Crippen LogP contribution in [0.25, 0.3) is 0 Å². The van der Waals surface area contributed by atoms with Gasteiger partial charge in [-0.05, 0) is 47.6 Å². The van der Waals surface area contributed by atoms with Gasteiger partial charge in [0.2, 0.25) is 0 Å². The molecule has 1 heterocycles. The maximum absolute atomic E-state index is 14.9. The van der Waals surface area contributed by atoms with Crippen molar-refractivity contribution in [2.24, 2.45) is 0 Å². The minimum Gasteiger partial charge on any atom is -0.611 e. The molecular formula is C20H15F5O4S. The molecule has 0 aromatic heterocycles. The molecule has 1 fully saturated rings. The molecule has 1 N–H and O–H groups in total. The predicted molar refractivity (Wildman–Crippen MR) is 95.2 cm³/mol. The van der Waals surface area contributed by atoms with Crippen LogP contribution in [0.15, 0.2) is 41.3 Å². The van der Waals surface area contributed by atoms with Gasteiger partial charge < -0.3 is 14.4 Å². The van der Waals surface area contributed by atoms with Crippen molar-refractivity contribution in [1.82, 2.24) is 0 Å². The minimum absolute atomic E-state index is 0.118. The van der Waals surface area contributed by atoms with Crippen molar-refractivity contribution in [3.05, 3.63) is 59.2 Å². The highest BCUT2D eigenvalue weighted by atomic mass is 32.2. The highest BCUT2D eigenvalue weighted by Gasteiger charge is 2.68. The van der Waals surface area contributed by atoms with Crippen LogP contribution >= 0.6 is 0 Å². The summed E-state index contributed by atoms with van der Waals surface area (Å²) in [6.45, 7) is -0.613. The number of ether oxygens (including phenoxy) is 1. The van der Waals surface area contributed by atoms with E-state index in [1.807, 2.05) is 0 Å². The first-order chi connectivity index (χ1) is 14.0. The Hall–Kier alpha value is -2.17. The quantitative estimate of drug-likeness (QED) is 0.562. The third-order valence-corrected chi connectivity index (χ3v) is 7.75. The lowest BCUT2D eigenvalue weighted by Gasteiger charge is -2.51. The molecule has 2 aromatic rings. The summed E-state index contributed by atoms with van der Waals surface area (Å²) in [7, 11) is 0. The van der Waals surface area contributed by atoms with E-state index in [0.717, 1.165) is 36.4 Å². The van der Waals surface area contributed by atoms with Gasteiger partial charge in [0.1, 0.15) is 18.2 Å². The van der Waals surface area contributed by atoms with Gasteiger partial charge in [-0.1, -0.05) is 0 Å². The predicted octanol–water partition coefficient (Wildman–Crippen LogP) is 3.86. The Kier molecular flexibility index (Phi) is 4.87. The van der Waals surface area contributed by atoms with E-state index in [0.29, 0.717) is 0 Å². The van der Waals surface area contributed by atoms with Crippen molar-refractivity contribution in [1.29, 1.82) is 0 Å². The number of ketones is 1. The molecule has 4 rings (SSSR count). The van der Waals surface area contributed by atoms with Gasteiger partial charge in [-0.15, -0.1) is 0 Å². The van der Waals surface area contributed by atoms with Crippen molar-refractivity contribution in [2.75, 3.05) is 6.61 Å². The van der Waals surface area contributed by atoms with E-state index >= 15 is 0 Å². The molecule has 4 nitrogen and oxygen atoms in total. The Labute approximate surface area is 170 Å². The summed E-state index contributed by atoms with van der Waals surface area (Å²) in [5.41, 5.74) is -3.57. The molecule has 1 aliphatic carbocycles. The van der Waals surface area contributed by atoms with E-state index in [4.69, 9.17) is 4.74 Å². The average Bonchev–Trinajstić information content (AvgIpc) is 2.68. The second-order valence-electron chi connectivity index (χ2n) is 7.39. The number of carbonyl (C=O) groups is 1. The lowest BCUT2D eigenvalue weighted by atomic mass is 9.69. The number of hydrogen-bond donors (Lipinski definition) is 1. The van der Waals surface area contributed by atoms with E-state index in [2.05, 4.69) is 0 Å². The Morgan fingerprint density at radius 3 is 2.33 bits per heavy atom. The van der Waals surface area contributed by atoms with Crippen LogP contribution in [0, 0.1) is 11.6 Å². The molecule has 30 heavy (non-hydrogen) atoms. The van der Waals surface area contributed by atoms with Crippen LogP contribution < -0.4 is 4.74 Å². The summed E-state index contributed by atoms with van der Waals surface area (Å²) in [6.07, 6.45) is -5.57. The molecule has 2 aliphatic rings. The molecule has 0 spiro atoms. The lowest BCUT2D eigenvalue weighted by molar-refractivity contribution is -0.138. The summed E-state index contributed by atoms with van der Waals surface area (Å²) >= 11 is -2.33. The molecule has 0 bridgehead atoms. The zero-order valence-corrected chi connectivity index (χ0v) is 16.1. The van der Waals surface area contributed by atoms with Gasteiger partial charge in [-0.3, -0.25) is 4.79 Å². The highest BCUT2D eigenvalue weighted by Crippen LogP contribution is 2.57. The lowest BCUT2D eigenvalue weighted by Crippen LogP contribution is -2.65. The zero-order valence-electron chi connectivity index (χ0n) is 15.3. The third kappa shape index (κ3) is 3.00. The fourth-order valence-electron chi connectivity index (χ4n) is 4.20. The first-order valence-corrected chi connectivity index (χ1v) is 10.1. The first-order valence-electron chi connectivity index (χ1n) is 8.94. The Bertz CT molecular complexity index is 1010. The number of aliphatic hydroxyl groups is 1. The third-order valence-electron chi connectivity index (χ3n) is 5.63. The van der Waals surface area contributed by atoms with Crippen LogP contribution in [0.2, 0.25) is 0 Å². The highest BCUT2D eigenvalue weighted by molar-refractivity contribution is 7.92. The molecule has 0 radical (unpaired) electrons. The fraction of sp³-hybridized carbons (Fsp3) is 0.350. The van der Waals surface area contributed by atoms with Crippen molar-refractivity contribution < 1.29 is 41.1 Å². The van der Waals surface area contributed by atoms with Gasteiger partial charge in [0, 0.05) is 19.3 Å². The molecular weight excluding hydrogens is 431 g/mol. The zero-order chi connectivity index (χ0) is 21.9. The number of fused-ring (bicyclic) bond motifs is 3. The van der Waals surface area contributed by atoms with Gasteiger partial charge in [-0.25, -0.2) is 8.78 Å². The molecule has 0 saturated heterocycles. The largest absolute Gasteiger partial charge is 0.611 e. The van der Waals surface area contributed by atoms with Crippen molar-refractivity contribution in [3.8, 4) is 5.75 Å². The van der Waals surface area contributed by atoms with Crippen LogP contribution in [0.3, 0.4) is 0 Å². The summed E-state index contributed by atoms with van der Waals surface area (Å²) in [4.78, 5) is 11.9. The van der Waals surface area contributed by atoms with Gasteiger partial charge in [0.05, 0.1) is 11.1 Å². The molecule has 0 amide bonds. The second kappa shape index (κ2) is 6.93. The van der Waals surface area contributed by atoms with Crippen molar-refractivity contribution in [2.45, 2.75) is 40.7 Å². The number of Topliss-reactive ketones (excluding diaryl/α,β-unsaturated/α-hetero) is 1. The number of rotatable bonds is 2. The summed E-state index contributed by atoms with van der Waals surface area (Å²) < 4.78 is 84.8. The standard InChI is InChI=1S/C20H15F5O4S/c21-14-5-6-15(22)17-16(14)19(8-7-12(26)9-18(19,27)10-29-17)30(28)13-3-1-11(2-4-13)20(23,24)25/h1-6,27H,7-10H2/t18-,19+,30?/m0/s1. The first kappa shape index (κ1) is 21.1. The van der Waals surface area contributed by atoms with E-state index in [9.17, 15) is 36.4 Å². The van der Waals surface area contributed by atoms with E-state index in [1.54, 1.807) is 0 Å². The summed E-state index contributed by atoms with van der Waals surface area (Å²) in [5, 5.41) is 11.3. The van der Waals surface area contributed by atoms with Crippen LogP contribution in [0.4, 0.5) is 22.0 Å². The van der Waals surface area contributed by atoms with E-state index in [1.165, 1.54) is 0 Å². The van der Waals surface area contributed by atoms with Crippen LogP contribution in [-0.4, -0.2) is 27.7 Å². The molecule has 1 aliphatic heterocycles. The van der Waals surface area contributed by atoms with Gasteiger partial charge in [0.15, 0.2) is 26.8 Å². The number of halogens is 5. The number of hydrogen-bond acceptors (Lipinski definition) is 4. The Balaban J connectivity index is 1.92. The molecule has 1 saturated carbocycles. The average molecular weight is 446 g/mol. The molecule has 160 valence electrons. The molecule has 10 heteroatoms. The smallest absolute Gasteiger partial charge is 0.416 e. The summed E-state index contributed by atoms with van der Waals surface area (Å²) in [6, 6.07) is 5.00. The second-order valence-corrected chi connectivity index (χ2v) is 9.09. The maximum Gasteiger partial charge on any atom is 0.416 e. The Morgan fingerprint density at radius 1 is 1.07 bits per heavy atom. The van der Waals surface area contributed by atoms with Crippen molar-refractivity contribution in [3.63, 3.8) is 0 Å². The van der Waals surface area contributed by atoms with Gasteiger partial charge in [0.25, 0.3) is 0 Å². The molecule has 2 aromatic carbocycles. The van der Waals surface area contributed by atoms with Crippen LogP contribution in [0.5, 0.6) is 5.75 Å². The van der Waals surface area contributed by atoms with E-state index < -0.39 is 69.2 Å². The van der Waals surface area contributed by atoms with Crippen molar-refractivity contribution >= 4 is 17.0 Å². The maximum atomic E-state index is 14.9. The van der Waals surface area contributed by atoms with Gasteiger partial charge in [-0.2, -0.15) is 13.2 Å². The van der Waals surface area contributed by atoms with Crippen LogP contribution in [-0.2, 0) is 26.9 Å². The minimum atomic E-state index is -4.61. The normalized spacial score (nSPS) is 27.1. The topological polar surface area (TPSA) is 69.6 Å².